The Hall–Kier alpha value is -2.19. The number of rotatable bonds is 4. The number of carbonyl (C=O) groups is 1. The summed E-state index contributed by atoms with van der Waals surface area (Å²) in [6.07, 6.45) is 1.12. The van der Waals surface area contributed by atoms with Gasteiger partial charge >= 0.3 is 5.97 Å². The summed E-state index contributed by atoms with van der Waals surface area (Å²) in [6.45, 7) is 1.60. The van der Waals surface area contributed by atoms with Crippen molar-refractivity contribution in [2.45, 2.75) is 19.4 Å². The van der Waals surface area contributed by atoms with Gasteiger partial charge in [0.05, 0.1) is 18.0 Å². The fraction of sp³-hybridized carbons (Fsp3) is 0.316. The van der Waals surface area contributed by atoms with Gasteiger partial charge in [-0.2, -0.15) is 0 Å². The molecule has 27 heavy (non-hydrogen) atoms. The Morgan fingerprint density at radius 2 is 1.93 bits per heavy atom. The van der Waals surface area contributed by atoms with Gasteiger partial charge in [0, 0.05) is 17.6 Å². The molecule has 1 N–H and O–H groups in total. The standard InChI is InChI=1S/C19H18BrN3O3S/c20-14-3-1-12(2-4-14)11-23-17(24)16-15(7-10-27-16)21-19(23)22-8-5-13(6-9-22)18(25)26/h1-4,7,10,13H,5-6,8-9,11H2,(H,25,26). The van der Waals surface area contributed by atoms with Crippen molar-refractivity contribution in [2.75, 3.05) is 18.0 Å². The number of carboxylic acid groups (broad SMARTS) is 1. The van der Waals surface area contributed by atoms with Crippen molar-refractivity contribution in [1.82, 2.24) is 9.55 Å². The lowest BCUT2D eigenvalue weighted by Gasteiger charge is -2.32. The monoisotopic (exact) mass is 447 g/mol. The Morgan fingerprint density at radius 1 is 1.22 bits per heavy atom. The summed E-state index contributed by atoms with van der Waals surface area (Å²) in [5, 5.41) is 11.1. The molecule has 1 aromatic carbocycles. The molecule has 3 aromatic rings. The van der Waals surface area contributed by atoms with Crippen LogP contribution in [0.5, 0.6) is 0 Å². The second-order valence-corrected chi connectivity index (χ2v) is 8.50. The van der Waals surface area contributed by atoms with Gasteiger partial charge in [0.25, 0.3) is 5.56 Å². The second-order valence-electron chi connectivity index (χ2n) is 6.66. The van der Waals surface area contributed by atoms with E-state index in [0.717, 1.165) is 10.0 Å². The molecule has 0 spiro atoms. The SMILES string of the molecule is O=C(O)C1CCN(c2nc3ccsc3c(=O)n2Cc2ccc(Br)cc2)CC1. The molecular weight excluding hydrogens is 430 g/mol. The van der Waals surface area contributed by atoms with Crippen LogP contribution >= 0.6 is 27.3 Å². The molecule has 0 aliphatic carbocycles. The number of aromatic nitrogens is 2. The van der Waals surface area contributed by atoms with Gasteiger partial charge in [-0.3, -0.25) is 14.2 Å². The Morgan fingerprint density at radius 3 is 2.59 bits per heavy atom. The summed E-state index contributed by atoms with van der Waals surface area (Å²) >= 11 is 4.83. The lowest BCUT2D eigenvalue weighted by molar-refractivity contribution is -0.142. The third-order valence-corrected chi connectivity index (χ3v) is 6.35. The molecule has 4 rings (SSSR count). The van der Waals surface area contributed by atoms with Crippen LogP contribution in [0.15, 0.2) is 45.0 Å². The molecule has 2 aromatic heterocycles. The summed E-state index contributed by atoms with van der Waals surface area (Å²) in [4.78, 5) is 31.1. The van der Waals surface area contributed by atoms with E-state index in [1.807, 2.05) is 40.6 Å². The molecule has 0 radical (unpaired) electrons. The van der Waals surface area contributed by atoms with Crippen molar-refractivity contribution >= 4 is 49.4 Å². The van der Waals surface area contributed by atoms with Gasteiger partial charge in [-0.05, 0) is 42.0 Å². The highest BCUT2D eigenvalue weighted by Crippen LogP contribution is 2.25. The highest BCUT2D eigenvalue weighted by atomic mass is 79.9. The van der Waals surface area contributed by atoms with E-state index in [1.165, 1.54) is 11.3 Å². The molecule has 1 fully saturated rings. The van der Waals surface area contributed by atoms with Gasteiger partial charge in [-0.15, -0.1) is 11.3 Å². The van der Waals surface area contributed by atoms with Crippen LogP contribution in [0, 0.1) is 5.92 Å². The normalized spacial score (nSPS) is 15.4. The Labute approximate surface area is 168 Å². The van der Waals surface area contributed by atoms with Gasteiger partial charge in [0.1, 0.15) is 4.70 Å². The number of hydrogen-bond donors (Lipinski definition) is 1. The molecule has 140 valence electrons. The maximum absolute atomic E-state index is 13.1. The molecule has 1 aliphatic heterocycles. The fourth-order valence-corrected chi connectivity index (χ4v) is 4.46. The van der Waals surface area contributed by atoms with Crippen molar-refractivity contribution in [3.05, 3.63) is 56.1 Å². The number of benzene rings is 1. The summed E-state index contributed by atoms with van der Waals surface area (Å²) in [7, 11) is 0. The van der Waals surface area contributed by atoms with Crippen LogP contribution in [0.25, 0.3) is 10.2 Å². The number of halogens is 1. The number of thiophene rings is 1. The average Bonchev–Trinajstić information content (AvgIpc) is 3.14. The van der Waals surface area contributed by atoms with Gasteiger partial charge in [-0.25, -0.2) is 4.98 Å². The van der Waals surface area contributed by atoms with Crippen molar-refractivity contribution in [1.29, 1.82) is 0 Å². The third-order valence-electron chi connectivity index (χ3n) is 4.93. The van der Waals surface area contributed by atoms with Crippen LogP contribution in [0.1, 0.15) is 18.4 Å². The predicted molar refractivity (Wildman–Crippen MR) is 110 cm³/mol. The van der Waals surface area contributed by atoms with Gasteiger partial charge in [-0.1, -0.05) is 28.1 Å². The number of fused-ring (bicyclic) bond motifs is 1. The van der Waals surface area contributed by atoms with E-state index in [0.29, 0.717) is 48.6 Å². The third kappa shape index (κ3) is 3.64. The van der Waals surface area contributed by atoms with Gasteiger partial charge in [0.15, 0.2) is 0 Å². The van der Waals surface area contributed by atoms with E-state index in [1.54, 1.807) is 4.57 Å². The van der Waals surface area contributed by atoms with Crippen molar-refractivity contribution < 1.29 is 9.90 Å². The Bertz CT molecular complexity index is 1040. The van der Waals surface area contributed by atoms with E-state index in [4.69, 9.17) is 4.98 Å². The molecule has 0 bridgehead atoms. The summed E-state index contributed by atoms with van der Waals surface area (Å²) in [6, 6.07) is 9.73. The minimum Gasteiger partial charge on any atom is -0.481 e. The predicted octanol–water partition coefficient (Wildman–Crippen LogP) is 3.57. The highest BCUT2D eigenvalue weighted by molar-refractivity contribution is 9.10. The van der Waals surface area contributed by atoms with Crippen molar-refractivity contribution in [2.24, 2.45) is 5.92 Å². The quantitative estimate of drug-likeness (QED) is 0.661. The first-order chi connectivity index (χ1) is 13.0. The van der Waals surface area contributed by atoms with Gasteiger partial charge < -0.3 is 10.0 Å². The van der Waals surface area contributed by atoms with E-state index >= 15 is 0 Å². The zero-order chi connectivity index (χ0) is 19.0. The molecule has 3 heterocycles. The topological polar surface area (TPSA) is 75.4 Å². The van der Waals surface area contributed by atoms with Crippen molar-refractivity contribution in [3.63, 3.8) is 0 Å². The summed E-state index contributed by atoms with van der Waals surface area (Å²) in [5.41, 5.74) is 1.67. The largest absolute Gasteiger partial charge is 0.481 e. The highest BCUT2D eigenvalue weighted by Gasteiger charge is 2.27. The maximum Gasteiger partial charge on any atom is 0.306 e. The number of nitrogens with zero attached hydrogens (tertiary/aromatic N) is 3. The molecule has 6 nitrogen and oxygen atoms in total. The number of aliphatic carboxylic acids is 1. The molecule has 1 saturated heterocycles. The maximum atomic E-state index is 13.1. The molecule has 0 unspecified atom stereocenters. The van der Waals surface area contributed by atoms with Crippen LogP contribution in [0.4, 0.5) is 5.95 Å². The lowest BCUT2D eigenvalue weighted by atomic mass is 9.97. The fourth-order valence-electron chi connectivity index (χ4n) is 3.41. The van der Waals surface area contributed by atoms with Gasteiger partial charge in [0.2, 0.25) is 5.95 Å². The second kappa shape index (κ2) is 7.44. The first-order valence-corrected chi connectivity index (χ1v) is 10.4. The molecule has 0 amide bonds. The molecule has 8 heteroatoms. The first-order valence-electron chi connectivity index (χ1n) is 8.73. The van der Waals surface area contributed by atoms with E-state index in [-0.39, 0.29) is 11.5 Å². The molecule has 0 atom stereocenters. The molecule has 0 saturated carbocycles. The number of hydrogen-bond acceptors (Lipinski definition) is 5. The number of anilines is 1. The van der Waals surface area contributed by atoms with Crippen LogP contribution in [0.3, 0.4) is 0 Å². The molecule has 1 aliphatic rings. The zero-order valence-electron chi connectivity index (χ0n) is 14.5. The smallest absolute Gasteiger partial charge is 0.306 e. The van der Waals surface area contributed by atoms with Crippen LogP contribution < -0.4 is 10.5 Å². The van der Waals surface area contributed by atoms with E-state index in [2.05, 4.69) is 15.9 Å². The number of carboxylic acids is 1. The van der Waals surface area contributed by atoms with Crippen LogP contribution in [-0.4, -0.2) is 33.7 Å². The number of piperidine rings is 1. The minimum atomic E-state index is -0.747. The van der Waals surface area contributed by atoms with Crippen LogP contribution in [-0.2, 0) is 11.3 Å². The lowest BCUT2D eigenvalue weighted by Crippen LogP contribution is -2.40. The average molecular weight is 448 g/mol. The Kier molecular flexibility index (Phi) is 5.01. The summed E-state index contributed by atoms with van der Waals surface area (Å²) in [5.74, 6) is -0.446. The Balaban J connectivity index is 1.73. The minimum absolute atomic E-state index is 0.0479. The van der Waals surface area contributed by atoms with E-state index in [9.17, 15) is 14.7 Å². The zero-order valence-corrected chi connectivity index (χ0v) is 16.9. The first kappa shape index (κ1) is 18.2. The van der Waals surface area contributed by atoms with Crippen molar-refractivity contribution in [3.8, 4) is 0 Å². The van der Waals surface area contributed by atoms with E-state index < -0.39 is 5.97 Å². The molecular formula is C19H18BrN3O3S. The van der Waals surface area contributed by atoms with Crippen LogP contribution in [0.2, 0.25) is 0 Å². The summed E-state index contributed by atoms with van der Waals surface area (Å²) < 4.78 is 3.35.